The van der Waals surface area contributed by atoms with E-state index in [1.54, 1.807) is 18.4 Å². The van der Waals surface area contributed by atoms with Crippen molar-refractivity contribution in [3.05, 3.63) is 94.4 Å². The van der Waals surface area contributed by atoms with E-state index in [2.05, 4.69) is 21.6 Å². The van der Waals surface area contributed by atoms with E-state index in [1.165, 1.54) is 16.6 Å². The van der Waals surface area contributed by atoms with Gasteiger partial charge in [-0.25, -0.2) is 0 Å². The highest BCUT2D eigenvalue weighted by atomic mass is 32.2. The Kier molecular flexibility index (Phi) is 8.30. The number of benzene rings is 2. The molecule has 6 nitrogen and oxygen atoms in total. The van der Waals surface area contributed by atoms with Crippen LogP contribution in [0, 0.1) is 0 Å². The Morgan fingerprint density at radius 2 is 1.79 bits per heavy atom. The van der Waals surface area contributed by atoms with Crippen LogP contribution in [0.3, 0.4) is 0 Å². The number of nitrogens with zero attached hydrogens (tertiary/aromatic N) is 4. The van der Waals surface area contributed by atoms with Gasteiger partial charge in [-0.2, -0.15) is 0 Å². The SMILES string of the molecule is COCCN(Cc1ccccc1)C(=O)CSc1nnc(Cc2cccs2)n1-c1ccccc1. The van der Waals surface area contributed by atoms with Gasteiger partial charge in [0, 0.05) is 37.2 Å². The normalized spacial score (nSPS) is 10.9. The molecule has 0 N–H and O–H groups in total. The molecule has 0 bridgehead atoms. The number of hydrogen-bond donors (Lipinski definition) is 0. The van der Waals surface area contributed by atoms with Gasteiger partial charge in [-0.3, -0.25) is 9.36 Å². The summed E-state index contributed by atoms with van der Waals surface area (Å²) in [6, 6.07) is 24.2. The van der Waals surface area contributed by atoms with E-state index in [1.807, 2.05) is 76.2 Å². The Morgan fingerprint density at radius 1 is 1.03 bits per heavy atom. The fourth-order valence-corrected chi connectivity index (χ4v) is 5.00. The number of methoxy groups -OCH3 is 1. The van der Waals surface area contributed by atoms with E-state index < -0.39 is 0 Å². The van der Waals surface area contributed by atoms with Crippen molar-refractivity contribution in [2.75, 3.05) is 26.0 Å². The second-order valence-electron chi connectivity index (χ2n) is 7.41. The zero-order chi connectivity index (χ0) is 22.9. The van der Waals surface area contributed by atoms with Crippen LogP contribution in [0.2, 0.25) is 0 Å². The van der Waals surface area contributed by atoms with Crippen LogP contribution in [0.1, 0.15) is 16.3 Å². The standard InChI is InChI=1S/C25H26N4O2S2/c1-31-15-14-28(18-20-9-4-2-5-10-20)24(30)19-33-25-27-26-23(17-22-13-8-16-32-22)29(25)21-11-6-3-7-12-21/h2-13,16H,14-15,17-19H2,1H3. The van der Waals surface area contributed by atoms with Gasteiger partial charge in [-0.1, -0.05) is 66.4 Å². The van der Waals surface area contributed by atoms with Gasteiger partial charge in [0.25, 0.3) is 0 Å². The minimum Gasteiger partial charge on any atom is -0.383 e. The molecule has 170 valence electrons. The highest BCUT2D eigenvalue weighted by Crippen LogP contribution is 2.25. The Bertz CT molecular complexity index is 1130. The van der Waals surface area contributed by atoms with Crippen LogP contribution >= 0.6 is 23.1 Å². The molecule has 0 unspecified atom stereocenters. The lowest BCUT2D eigenvalue weighted by molar-refractivity contribution is -0.129. The lowest BCUT2D eigenvalue weighted by Gasteiger charge is -2.22. The monoisotopic (exact) mass is 478 g/mol. The Labute approximate surface area is 202 Å². The molecule has 4 aromatic rings. The van der Waals surface area contributed by atoms with Crippen LogP contribution in [-0.4, -0.2) is 51.6 Å². The molecule has 0 saturated carbocycles. The maximum atomic E-state index is 13.1. The lowest BCUT2D eigenvalue weighted by Crippen LogP contribution is -2.34. The van der Waals surface area contributed by atoms with E-state index in [-0.39, 0.29) is 11.7 Å². The minimum atomic E-state index is 0.0447. The maximum Gasteiger partial charge on any atom is 0.233 e. The fraction of sp³-hybridized carbons (Fsp3) is 0.240. The second kappa shape index (κ2) is 11.8. The summed E-state index contributed by atoms with van der Waals surface area (Å²) in [7, 11) is 1.65. The number of para-hydroxylation sites is 1. The van der Waals surface area contributed by atoms with Crippen LogP contribution in [0.4, 0.5) is 0 Å². The molecule has 0 radical (unpaired) electrons. The van der Waals surface area contributed by atoms with E-state index in [4.69, 9.17) is 4.74 Å². The molecule has 2 aromatic heterocycles. The topological polar surface area (TPSA) is 60.2 Å². The predicted molar refractivity (Wildman–Crippen MR) is 133 cm³/mol. The first-order chi connectivity index (χ1) is 16.2. The van der Waals surface area contributed by atoms with Crippen molar-refractivity contribution in [3.63, 3.8) is 0 Å². The zero-order valence-corrected chi connectivity index (χ0v) is 20.1. The van der Waals surface area contributed by atoms with E-state index >= 15 is 0 Å². The van der Waals surface area contributed by atoms with Crippen molar-refractivity contribution >= 4 is 29.0 Å². The molecule has 0 aliphatic carbocycles. The third kappa shape index (κ3) is 6.31. The third-order valence-corrected chi connectivity index (χ3v) is 6.88. The van der Waals surface area contributed by atoms with Gasteiger partial charge in [0.05, 0.1) is 12.4 Å². The Balaban J connectivity index is 1.51. The lowest BCUT2D eigenvalue weighted by atomic mass is 10.2. The zero-order valence-electron chi connectivity index (χ0n) is 18.5. The molecule has 0 saturated heterocycles. The molecule has 1 amide bonds. The first-order valence-corrected chi connectivity index (χ1v) is 12.6. The van der Waals surface area contributed by atoms with Crippen LogP contribution < -0.4 is 0 Å². The van der Waals surface area contributed by atoms with Gasteiger partial charge in [-0.05, 0) is 29.1 Å². The number of carbonyl (C=O) groups excluding carboxylic acids is 1. The molecule has 2 heterocycles. The Morgan fingerprint density at radius 3 is 2.48 bits per heavy atom. The summed E-state index contributed by atoms with van der Waals surface area (Å²) in [5.41, 5.74) is 2.09. The second-order valence-corrected chi connectivity index (χ2v) is 9.38. The smallest absolute Gasteiger partial charge is 0.233 e. The summed E-state index contributed by atoms with van der Waals surface area (Å²) in [5.74, 6) is 1.18. The van der Waals surface area contributed by atoms with Gasteiger partial charge in [0.2, 0.25) is 5.91 Å². The number of amides is 1. The van der Waals surface area contributed by atoms with Crippen molar-refractivity contribution in [3.8, 4) is 5.69 Å². The summed E-state index contributed by atoms with van der Waals surface area (Å²) in [5, 5.41) is 11.7. The summed E-state index contributed by atoms with van der Waals surface area (Å²) < 4.78 is 7.28. The van der Waals surface area contributed by atoms with Crippen molar-refractivity contribution < 1.29 is 9.53 Å². The molecule has 0 atom stereocenters. The number of carbonyl (C=O) groups is 1. The summed E-state index contributed by atoms with van der Waals surface area (Å²) in [4.78, 5) is 16.2. The average molecular weight is 479 g/mol. The molecular weight excluding hydrogens is 452 g/mol. The highest BCUT2D eigenvalue weighted by Gasteiger charge is 2.19. The summed E-state index contributed by atoms with van der Waals surface area (Å²) >= 11 is 3.12. The number of thioether (sulfide) groups is 1. The summed E-state index contributed by atoms with van der Waals surface area (Å²) in [6.45, 7) is 1.59. The number of aromatic nitrogens is 3. The first-order valence-electron chi connectivity index (χ1n) is 10.7. The largest absolute Gasteiger partial charge is 0.383 e. The first kappa shape index (κ1) is 23.2. The molecule has 2 aromatic carbocycles. The number of thiophene rings is 1. The van der Waals surface area contributed by atoms with Crippen molar-refractivity contribution in [2.24, 2.45) is 0 Å². The number of hydrogen-bond acceptors (Lipinski definition) is 6. The van der Waals surface area contributed by atoms with Gasteiger partial charge in [-0.15, -0.1) is 21.5 Å². The molecule has 0 fully saturated rings. The molecule has 33 heavy (non-hydrogen) atoms. The maximum absolute atomic E-state index is 13.1. The van der Waals surface area contributed by atoms with E-state index in [0.717, 1.165) is 17.1 Å². The number of ether oxygens (including phenoxy) is 1. The van der Waals surface area contributed by atoms with Crippen LogP contribution in [0.5, 0.6) is 0 Å². The van der Waals surface area contributed by atoms with Gasteiger partial charge in [0.1, 0.15) is 5.82 Å². The highest BCUT2D eigenvalue weighted by molar-refractivity contribution is 7.99. The molecule has 0 spiro atoms. The van der Waals surface area contributed by atoms with Crippen molar-refractivity contribution in [2.45, 2.75) is 18.1 Å². The molecular formula is C25H26N4O2S2. The predicted octanol–water partition coefficient (Wildman–Crippen LogP) is 4.69. The quantitative estimate of drug-likeness (QED) is 0.293. The minimum absolute atomic E-state index is 0.0447. The van der Waals surface area contributed by atoms with Crippen molar-refractivity contribution in [1.29, 1.82) is 0 Å². The van der Waals surface area contributed by atoms with E-state index in [0.29, 0.717) is 31.3 Å². The van der Waals surface area contributed by atoms with Gasteiger partial charge in [0.15, 0.2) is 5.16 Å². The fourth-order valence-electron chi connectivity index (χ4n) is 3.43. The Hall–Kier alpha value is -2.94. The van der Waals surface area contributed by atoms with Crippen LogP contribution in [-0.2, 0) is 22.5 Å². The summed E-state index contributed by atoms with van der Waals surface area (Å²) in [6.07, 6.45) is 0.696. The molecule has 4 rings (SSSR count). The third-order valence-electron chi connectivity index (χ3n) is 5.09. The van der Waals surface area contributed by atoms with Gasteiger partial charge >= 0.3 is 0 Å². The average Bonchev–Trinajstić information content (AvgIpc) is 3.51. The van der Waals surface area contributed by atoms with Crippen molar-refractivity contribution in [1.82, 2.24) is 19.7 Å². The van der Waals surface area contributed by atoms with Crippen LogP contribution in [0.15, 0.2) is 83.3 Å². The number of rotatable bonds is 11. The molecule has 0 aliphatic rings. The molecule has 0 aliphatic heterocycles. The van der Waals surface area contributed by atoms with Gasteiger partial charge < -0.3 is 9.64 Å². The molecule has 8 heteroatoms. The van der Waals surface area contributed by atoms with Crippen LogP contribution in [0.25, 0.3) is 5.69 Å². The van der Waals surface area contributed by atoms with E-state index in [9.17, 15) is 4.79 Å².